The van der Waals surface area contributed by atoms with Crippen LogP contribution in [0.2, 0.25) is 0 Å². The second kappa shape index (κ2) is 5.24. The van der Waals surface area contributed by atoms with Gasteiger partial charge in [0.05, 0.1) is 17.3 Å². The lowest BCUT2D eigenvalue weighted by Crippen LogP contribution is -1.99. The van der Waals surface area contributed by atoms with E-state index in [4.69, 9.17) is 4.74 Å². The van der Waals surface area contributed by atoms with Crippen molar-refractivity contribution in [2.75, 3.05) is 13.7 Å². The zero-order valence-electron chi connectivity index (χ0n) is 7.06. The van der Waals surface area contributed by atoms with Gasteiger partial charge >= 0.3 is 0 Å². The molecule has 0 aromatic carbocycles. The van der Waals surface area contributed by atoms with Crippen LogP contribution in [-0.2, 0) is 4.74 Å². The summed E-state index contributed by atoms with van der Waals surface area (Å²) in [5.41, 5.74) is 2.51. The van der Waals surface area contributed by atoms with E-state index in [0.717, 1.165) is 18.5 Å². The van der Waals surface area contributed by atoms with Crippen molar-refractivity contribution in [2.45, 2.75) is 18.9 Å². The summed E-state index contributed by atoms with van der Waals surface area (Å²) < 4.78 is 4.88. The molecule has 12 heavy (non-hydrogen) atoms. The van der Waals surface area contributed by atoms with E-state index in [1.54, 1.807) is 12.6 Å². The van der Waals surface area contributed by atoms with Crippen LogP contribution in [0.3, 0.4) is 0 Å². The van der Waals surface area contributed by atoms with Crippen molar-refractivity contribution >= 4 is 11.3 Å². The second-order valence-corrected chi connectivity index (χ2v) is 3.28. The highest BCUT2D eigenvalue weighted by Gasteiger charge is 2.07. The molecular formula is C8H13NO2S. The molecule has 1 rings (SSSR count). The van der Waals surface area contributed by atoms with Crippen molar-refractivity contribution in [1.82, 2.24) is 4.98 Å². The van der Waals surface area contributed by atoms with Gasteiger partial charge in [-0.2, -0.15) is 0 Å². The van der Waals surface area contributed by atoms with Gasteiger partial charge in [-0.1, -0.05) is 0 Å². The normalized spacial score (nSPS) is 13.2. The second-order valence-electron chi connectivity index (χ2n) is 2.56. The Morgan fingerprint density at radius 3 is 3.17 bits per heavy atom. The van der Waals surface area contributed by atoms with Crippen molar-refractivity contribution in [3.05, 3.63) is 16.6 Å². The highest BCUT2D eigenvalue weighted by molar-refractivity contribution is 7.07. The van der Waals surface area contributed by atoms with E-state index in [1.165, 1.54) is 11.3 Å². The fourth-order valence-electron chi connectivity index (χ4n) is 0.955. The molecule has 1 aromatic rings. The van der Waals surface area contributed by atoms with Crippen LogP contribution in [0.5, 0.6) is 0 Å². The third-order valence-electron chi connectivity index (χ3n) is 1.62. The molecule has 1 aromatic heterocycles. The smallest absolute Gasteiger partial charge is 0.0969 e. The highest BCUT2D eigenvalue weighted by Crippen LogP contribution is 2.17. The van der Waals surface area contributed by atoms with Gasteiger partial charge in [0, 0.05) is 19.1 Å². The Bertz CT molecular complexity index is 201. The number of thiazole rings is 1. The molecule has 0 fully saturated rings. The van der Waals surface area contributed by atoms with Crippen LogP contribution in [0.4, 0.5) is 0 Å². The molecule has 0 aliphatic rings. The molecule has 3 nitrogen and oxygen atoms in total. The molecule has 1 N–H and O–H groups in total. The zero-order valence-corrected chi connectivity index (χ0v) is 7.88. The number of aromatic nitrogens is 1. The summed E-state index contributed by atoms with van der Waals surface area (Å²) in [6.45, 7) is 0.696. The number of aliphatic hydroxyl groups is 1. The van der Waals surface area contributed by atoms with Crippen molar-refractivity contribution in [2.24, 2.45) is 0 Å². The number of ether oxygens (including phenoxy) is 1. The van der Waals surface area contributed by atoms with Crippen LogP contribution < -0.4 is 0 Å². The lowest BCUT2D eigenvalue weighted by Gasteiger charge is -2.05. The van der Waals surface area contributed by atoms with Gasteiger partial charge in [0.15, 0.2) is 0 Å². The molecule has 68 valence electrons. The molecule has 0 saturated heterocycles. The molecule has 0 saturated carbocycles. The molecule has 0 aliphatic carbocycles. The van der Waals surface area contributed by atoms with E-state index in [-0.39, 0.29) is 0 Å². The Kier molecular flexibility index (Phi) is 4.21. The van der Waals surface area contributed by atoms with Crippen LogP contribution in [0.25, 0.3) is 0 Å². The van der Waals surface area contributed by atoms with Crippen molar-refractivity contribution in [3.8, 4) is 0 Å². The maximum Gasteiger partial charge on any atom is 0.0969 e. The molecule has 0 spiro atoms. The average molecular weight is 187 g/mol. The van der Waals surface area contributed by atoms with Crippen LogP contribution in [0.15, 0.2) is 10.9 Å². The zero-order chi connectivity index (χ0) is 8.81. The first-order valence-corrected chi connectivity index (χ1v) is 4.84. The van der Waals surface area contributed by atoms with Gasteiger partial charge in [-0.3, -0.25) is 0 Å². The minimum absolute atomic E-state index is 0.425. The first-order chi connectivity index (χ1) is 5.84. The Labute approximate surface area is 76.0 Å². The summed E-state index contributed by atoms with van der Waals surface area (Å²) in [6.07, 6.45) is 1.17. The molecule has 4 heteroatoms. The topological polar surface area (TPSA) is 42.4 Å². The molecule has 1 unspecified atom stereocenters. The van der Waals surface area contributed by atoms with E-state index >= 15 is 0 Å². The van der Waals surface area contributed by atoms with Crippen LogP contribution in [-0.4, -0.2) is 23.8 Å². The monoisotopic (exact) mass is 187 g/mol. The number of rotatable bonds is 5. The van der Waals surface area contributed by atoms with Gasteiger partial charge in [0.25, 0.3) is 0 Å². The summed E-state index contributed by atoms with van der Waals surface area (Å²) in [6, 6.07) is 0. The predicted octanol–water partition coefficient (Wildman–Crippen LogP) is 1.60. The number of aliphatic hydroxyl groups excluding tert-OH is 1. The molecule has 0 bridgehead atoms. The lowest BCUT2D eigenvalue weighted by molar-refractivity contribution is 0.133. The van der Waals surface area contributed by atoms with E-state index in [1.807, 2.05) is 5.38 Å². The molecule has 1 atom stereocenters. The Balaban J connectivity index is 2.25. The largest absolute Gasteiger partial charge is 0.387 e. The van der Waals surface area contributed by atoms with Crippen molar-refractivity contribution in [1.29, 1.82) is 0 Å². The summed E-state index contributed by atoms with van der Waals surface area (Å²) in [7, 11) is 1.66. The van der Waals surface area contributed by atoms with E-state index in [9.17, 15) is 5.11 Å². The number of hydrogen-bond donors (Lipinski definition) is 1. The van der Waals surface area contributed by atoms with Gasteiger partial charge in [0.2, 0.25) is 0 Å². The first kappa shape index (κ1) is 9.64. The number of hydrogen-bond acceptors (Lipinski definition) is 4. The fourth-order valence-corrected chi connectivity index (χ4v) is 1.56. The molecular weight excluding hydrogens is 174 g/mol. The molecule has 0 amide bonds. The SMILES string of the molecule is COCCCC(O)c1cscn1. The molecule has 1 heterocycles. The van der Waals surface area contributed by atoms with Crippen LogP contribution in [0.1, 0.15) is 24.6 Å². The molecule has 0 radical (unpaired) electrons. The maximum absolute atomic E-state index is 9.52. The summed E-state index contributed by atoms with van der Waals surface area (Å²) in [4.78, 5) is 4.02. The average Bonchev–Trinajstić information content (AvgIpc) is 2.56. The quantitative estimate of drug-likeness (QED) is 0.712. The third-order valence-corrected chi connectivity index (χ3v) is 2.22. The van der Waals surface area contributed by atoms with Gasteiger partial charge in [-0.25, -0.2) is 4.98 Å². The lowest BCUT2D eigenvalue weighted by atomic mass is 10.1. The third kappa shape index (κ3) is 2.89. The standard InChI is InChI=1S/C8H13NO2S/c1-11-4-2-3-8(10)7-5-12-6-9-7/h5-6,8,10H,2-4H2,1H3. The Morgan fingerprint density at radius 1 is 1.75 bits per heavy atom. The summed E-state index contributed by atoms with van der Waals surface area (Å²) in [5, 5.41) is 11.4. The van der Waals surface area contributed by atoms with Crippen molar-refractivity contribution in [3.63, 3.8) is 0 Å². The highest BCUT2D eigenvalue weighted by atomic mass is 32.1. The van der Waals surface area contributed by atoms with E-state index in [2.05, 4.69) is 4.98 Å². The van der Waals surface area contributed by atoms with Gasteiger partial charge in [0.1, 0.15) is 0 Å². The minimum Gasteiger partial charge on any atom is -0.387 e. The van der Waals surface area contributed by atoms with Crippen molar-refractivity contribution < 1.29 is 9.84 Å². The van der Waals surface area contributed by atoms with E-state index in [0.29, 0.717) is 6.61 Å². The van der Waals surface area contributed by atoms with E-state index < -0.39 is 6.10 Å². The Hall–Kier alpha value is -0.450. The predicted molar refractivity (Wildman–Crippen MR) is 48.2 cm³/mol. The first-order valence-electron chi connectivity index (χ1n) is 3.89. The van der Waals surface area contributed by atoms with Crippen LogP contribution >= 0.6 is 11.3 Å². The van der Waals surface area contributed by atoms with Gasteiger partial charge in [-0.05, 0) is 12.8 Å². The maximum atomic E-state index is 9.52. The molecule has 0 aliphatic heterocycles. The van der Waals surface area contributed by atoms with Gasteiger partial charge < -0.3 is 9.84 Å². The summed E-state index contributed by atoms with van der Waals surface area (Å²) in [5.74, 6) is 0. The summed E-state index contributed by atoms with van der Waals surface area (Å²) >= 11 is 1.50. The fraction of sp³-hybridized carbons (Fsp3) is 0.625. The van der Waals surface area contributed by atoms with Crippen LogP contribution in [0, 0.1) is 0 Å². The Morgan fingerprint density at radius 2 is 2.58 bits per heavy atom. The number of methoxy groups -OCH3 is 1. The number of nitrogens with zero attached hydrogens (tertiary/aromatic N) is 1. The van der Waals surface area contributed by atoms with Gasteiger partial charge in [-0.15, -0.1) is 11.3 Å². The minimum atomic E-state index is -0.425.